The van der Waals surface area contributed by atoms with Gasteiger partial charge in [-0.2, -0.15) is 0 Å². The van der Waals surface area contributed by atoms with Gasteiger partial charge in [-0.05, 0) is 13.0 Å². The van der Waals surface area contributed by atoms with Gasteiger partial charge in [-0.3, -0.25) is 4.79 Å². The van der Waals surface area contributed by atoms with Crippen molar-refractivity contribution in [2.45, 2.75) is 11.8 Å². The van der Waals surface area contributed by atoms with Crippen molar-refractivity contribution < 1.29 is 4.79 Å². The van der Waals surface area contributed by atoms with Crippen LogP contribution in [0, 0.1) is 5.92 Å². The van der Waals surface area contributed by atoms with Gasteiger partial charge in [0.15, 0.2) is 0 Å². The standard InChI is InChI=1S/C13H13NOS/c1-8(2)11-7-14-12(15)9-5-3-4-6-10(9)13(11,14)16/h3-6,11,16H,1,7H2,2H3. The highest BCUT2D eigenvalue weighted by Crippen LogP contribution is 2.56. The van der Waals surface area contributed by atoms with Crippen LogP contribution >= 0.6 is 12.6 Å². The molecule has 2 nitrogen and oxygen atoms in total. The van der Waals surface area contributed by atoms with Crippen LogP contribution in [0.5, 0.6) is 0 Å². The minimum atomic E-state index is -0.445. The summed E-state index contributed by atoms with van der Waals surface area (Å²) in [4.78, 5) is 13.5. The Morgan fingerprint density at radius 3 is 2.94 bits per heavy atom. The number of carbonyl (C=O) groups excluding carboxylic acids is 1. The molecule has 1 aromatic carbocycles. The first-order valence-corrected chi connectivity index (χ1v) is 5.80. The summed E-state index contributed by atoms with van der Waals surface area (Å²) in [5.41, 5.74) is 2.92. The minimum absolute atomic E-state index is 0.100. The van der Waals surface area contributed by atoms with E-state index in [0.29, 0.717) is 0 Å². The number of carbonyl (C=O) groups is 1. The smallest absolute Gasteiger partial charge is 0.255 e. The Kier molecular flexibility index (Phi) is 1.82. The molecule has 2 heterocycles. The van der Waals surface area contributed by atoms with Crippen LogP contribution in [0.3, 0.4) is 0 Å². The van der Waals surface area contributed by atoms with Crippen LogP contribution in [-0.4, -0.2) is 17.4 Å². The maximum atomic E-state index is 12.1. The molecule has 1 aromatic rings. The summed E-state index contributed by atoms with van der Waals surface area (Å²) < 4.78 is 0. The Labute approximate surface area is 100 Å². The van der Waals surface area contributed by atoms with E-state index in [1.807, 2.05) is 36.1 Å². The maximum absolute atomic E-state index is 12.1. The van der Waals surface area contributed by atoms with E-state index < -0.39 is 4.87 Å². The van der Waals surface area contributed by atoms with Crippen LogP contribution < -0.4 is 0 Å². The highest BCUT2D eigenvalue weighted by molar-refractivity contribution is 7.81. The summed E-state index contributed by atoms with van der Waals surface area (Å²) in [5.74, 6) is 0.367. The predicted octanol–water partition coefficient (Wildman–Crippen LogP) is 2.43. The molecule has 82 valence electrons. The lowest BCUT2D eigenvalue weighted by molar-refractivity contribution is 0.0208. The molecule has 1 amide bonds. The van der Waals surface area contributed by atoms with E-state index in [2.05, 4.69) is 6.58 Å². The third kappa shape index (κ3) is 0.925. The van der Waals surface area contributed by atoms with Gasteiger partial charge in [-0.15, -0.1) is 12.6 Å². The topological polar surface area (TPSA) is 20.3 Å². The third-order valence-corrected chi connectivity index (χ3v) is 4.45. The molecule has 3 heteroatoms. The zero-order valence-electron chi connectivity index (χ0n) is 9.10. The van der Waals surface area contributed by atoms with Crippen molar-refractivity contribution in [1.82, 2.24) is 4.90 Å². The van der Waals surface area contributed by atoms with Crippen LogP contribution in [0.4, 0.5) is 0 Å². The van der Waals surface area contributed by atoms with Crippen LogP contribution in [-0.2, 0) is 4.87 Å². The van der Waals surface area contributed by atoms with Crippen molar-refractivity contribution >= 4 is 18.5 Å². The first-order chi connectivity index (χ1) is 7.56. The van der Waals surface area contributed by atoms with Gasteiger partial charge >= 0.3 is 0 Å². The van der Waals surface area contributed by atoms with Gasteiger partial charge in [0.2, 0.25) is 0 Å². The Morgan fingerprint density at radius 2 is 2.25 bits per heavy atom. The first kappa shape index (κ1) is 9.97. The molecular formula is C13H13NOS. The van der Waals surface area contributed by atoms with Gasteiger partial charge in [0.25, 0.3) is 5.91 Å². The Bertz CT molecular complexity index is 504. The van der Waals surface area contributed by atoms with Crippen LogP contribution in [0.25, 0.3) is 0 Å². The quantitative estimate of drug-likeness (QED) is 0.581. The molecule has 0 aliphatic carbocycles. The molecule has 16 heavy (non-hydrogen) atoms. The Hall–Kier alpha value is -1.22. The van der Waals surface area contributed by atoms with Gasteiger partial charge in [-0.1, -0.05) is 30.4 Å². The second-order valence-electron chi connectivity index (χ2n) is 4.59. The number of rotatable bonds is 1. The fourth-order valence-electron chi connectivity index (χ4n) is 2.73. The van der Waals surface area contributed by atoms with Crippen LogP contribution in [0.1, 0.15) is 22.8 Å². The summed E-state index contributed by atoms with van der Waals surface area (Å²) in [6.45, 7) is 6.74. The molecule has 0 bridgehead atoms. The molecule has 1 fully saturated rings. The summed E-state index contributed by atoms with van der Waals surface area (Å²) in [6, 6.07) is 7.73. The Balaban J connectivity index is 2.18. The second kappa shape index (κ2) is 2.92. The maximum Gasteiger partial charge on any atom is 0.255 e. The molecule has 2 aliphatic heterocycles. The largest absolute Gasteiger partial charge is 0.319 e. The van der Waals surface area contributed by atoms with E-state index >= 15 is 0 Å². The average molecular weight is 231 g/mol. The number of benzene rings is 1. The summed E-state index contributed by atoms with van der Waals surface area (Å²) in [5, 5.41) is 0. The van der Waals surface area contributed by atoms with Crippen molar-refractivity contribution in [1.29, 1.82) is 0 Å². The van der Waals surface area contributed by atoms with Crippen LogP contribution in [0.2, 0.25) is 0 Å². The lowest BCUT2D eigenvalue weighted by Gasteiger charge is -2.52. The summed E-state index contributed by atoms with van der Waals surface area (Å²) >= 11 is 4.75. The van der Waals surface area contributed by atoms with Crippen molar-refractivity contribution in [3.05, 3.63) is 47.5 Å². The lowest BCUT2D eigenvalue weighted by atomic mass is 9.81. The third-order valence-electron chi connectivity index (χ3n) is 3.66. The van der Waals surface area contributed by atoms with Crippen molar-refractivity contribution in [2.24, 2.45) is 5.92 Å². The van der Waals surface area contributed by atoms with Crippen molar-refractivity contribution in [3.8, 4) is 0 Å². The molecule has 2 unspecified atom stereocenters. The summed E-state index contributed by atoms with van der Waals surface area (Å²) in [7, 11) is 0. The number of thiol groups is 1. The van der Waals surface area contributed by atoms with E-state index in [1.54, 1.807) is 0 Å². The van der Waals surface area contributed by atoms with Gasteiger partial charge < -0.3 is 4.90 Å². The van der Waals surface area contributed by atoms with E-state index in [-0.39, 0.29) is 11.8 Å². The van der Waals surface area contributed by atoms with Crippen LogP contribution in [0.15, 0.2) is 36.4 Å². The van der Waals surface area contributed by atoms with Gasteiger partial charge in [0.1, 0.15) is 4.87 Å². The fourth-order valence-corrected chi connectivity index (χ4v) is 3.40. The van der Waals surface area contributed by atoms with Crippen molar-refractivity contribution in [3.63, 3.8) is 0 Å². The number of nitrogens with zero attached hydrogens (tertiary/aromatic N) is 1. The number of hydrogen-bond acceptors (Lipinski definition) is 2. The predicted molar refractivity (Wildman–Crippen MR) is 66.4 cm³/mol. The SMILES string of the molecule is C=C(C)C1CN2C(=O)c3ccccc3C12S. The highest BCUT2D eigenvalue weighted by atomic mass is 32.1. The lowest BCUT2D eigenvalue weighted by Crippen LogP contribution is -2.59. The van der Waals surface area contributed by atoms with Gasteiger partial charge in [0.05, 0.1) is 0 Å². The molecule has 2 aliphatic rings. The molecule has 0 aromatic heterocycles. The summed E-state index contributed by atoms with van der Waals surface area (Å²) in [6.07, 6.45) is 0. The molecule has 3 rings (SSSR count). The van der Waals surface area contributed by atoms with Gasteiger partial charge in [0, 0.05) is 23.6 Å². The van der Waals surface area contributed by atoms with E-state index in [0.717, 1.165) is 23.2 Å². The first-order valence-electron chi connectivity index (χ1n) is 5.36. The fraction of sp³-hybridized carbons (Fsp3) is 0.308. The number of hydrogen-bond donors (Lipinski definition) is 1. The normalized spacial score (nSPS) is 30.8. The van der Waals surface area contributed by atoms with Gasteiger partial charge in [-0.25, -0.2) is 0 Å². The molecule has 1 saturated heterocycles. The van der Waals surface area contributed by atoms with E-state index in [4.69, 9.17) is 12.6 Å². The molecule has 0 saturated carbocycles. The second-order valence-corrected chi connectivity index (χ2v) is 5.27. The molecule has 2 atom stereocenters. The van der Waals surface area contributed by atoms with E-state index in [1.165, 1.54) is 0 Å². The molecular weight excluding hydrogens is 218 g/mol. The monoisotopic (exact) mass is 231 g/mol. The zero-order valence-corrected chi connectivity index (χ0v) is 10.00. The minimum Gasteiger partial charge on any atom is -0.319 e. The number of fused-ring (bicyclic) bond motifs is 3. The molecule has 0 spiro atoms. The zero-order chi connectivity index (χ0) is 11.5. The molecule has 0 N–H and O–H groups in total. The van der Waals surface area contributed by atoms with E-state index in [9.17, 15) is 4.79 Å². The Morgan fingerprint density at radius 1 is 1.56 bits per heavy atom. The van der Waals surface area contributed by atoms with Crippen molar-refractivity contribution in [2.75, 3.05) is 6.54 Å². The average Bonchev–Trinajstić information content (AvgIpc) is 2.39. The highest BCUT2D eigenvalue weighted by Gasteiger charge is 2.60. The number of amides is 1. The molecule has 0 radical (unpaired) electrons.